The second kappa shape index (κ2) is 8.48. The van der Waals surface area contributed by atoms with E-state index < -0.39 is 0 Å². The van der Waals surface area contributed by atoms with Crippen molar-refractivity contribution >= 4 is 27.5 Å². The molecule has 1 saturated heterocycles. The fraction of sp³-hybridized carbons (Fsp3) is 0.280. The molecule has 3 heterocycles. The highest BCUT2D eigenvalue weighted by atomic mass is 32.1. The van der Waals surface area contributed by atoms with Crippen LogP contribution >= 0.6 is 11.3 Å². The molecule has 0 spiro atoms. The number of carbonyl (C=O) groups excluding carboxylic acids is 1. The Morgan fingerprint density at radius 3 is 2.53 bits per heavy atom. The van der Waals surface area contributed by atoms with Gasteiger partial charge in [-0.05, 0) is 43.7 Å². The third-order valence-electron chi connectivity index (χ3n) is 6.22. The van der Waals surface area contributed by atoms with Crippen LogP contribution in [0.15, 0.2) is 54.6 Å². The van der Waals surface area contributed by atoms with Crippen molar-refractivity contribution in [3.05, 3.63) is 82.1 Å². The lowest BCUT2D eigenvalue weighted by Gasteiger charge is -2.32. The zero-order valence-corrected chi connectivity index (χ0v) is 19.1. The number of rotatable bonds is 4. The number of aryl methyl sites for hydroxylation is 2. The van der Waals surface area contributed by atoms with Crippen molar-refractivity contribution in [2.45, 2.75) is 20.4 Å². The van der Waals surface area contributed by atoms with Crippen LogP contribution in [0.1, 0.15) is 26.5 Å². The zero-order chi connectivity index (χ0) is 22.2. The van der Waals surface area contributed by atoms with Crippen LogP contribution in [0, 0.1) is 19.7 Å². The maximum Gasteiger partial charge on any atom is 0.264 e. The van der Waals surface area contributed by atoms with E-state index in [1.165, 1.54) is 28.4 Å². The van der Waals surface area contributed by atoms with Crippen molar-refractivity contribution in [2.75, 3.05) is 26.2 Å². The predicted octanol–water partition coefficient (Wildman–Crippen LogP) is 3.38. The minimum absolute atomic E-state index is 0.0998. The lowest BCUT2D eigenvalue weighted by molar-refractivity contribution is -0.917. The Labute approximate surface area is 190 Å². The molecule has 2 aromatic carbocycles. The van der Waals surface area contributed by atoms with Crippen molar-refractivity contribution in [2.24, 2.45) is 0 Å². The second-order valence-electron chi connectivity index (χ2n) is 8.46. The van der Waals surface area contributed by atoms with Gasteiger partial charge in [0, 0.05) is 10.9 Å². The number of aromatic nitrogens is 2. The number of halogens is 1. The SMILES string of the molecule is Cc1ccccc1-n1nc(C)c2cc(C(=O)N3CC[NH+](Cc4ccc(F)cc4)CC3)sc21. The van der Waals surface area contributed by atoms with Gasteiger partial charge in [0.25, 0.3) is 5.91 Å². The predicted molar refractivity (Wildman–Crippen MR) is 125 cm³/mol. The van der Waals surface area contributed by atoms with E-state index in [1.807, 2.05) is 46.8 Å². The van der Waals surface area contributed by atoms with Gasteiger partial charge in [-0.3, -0.25) is 4.79 Å². The first-order valence-electron chi connectivity index (χ1n) is 10.9. The molecule has 164 valence electrons. The highest BCUT2D eigenvalue weighted by Crippen LogP contribution is 2.31. The van der Waals surface area contributed by atoms with E-state index in [1.54, 1.807) is 0 Å². The molecule has 0 unspecified atom stereocenters. The molecule has 7 heteroatoms. The number of thiophene rings is 1. The van der Waals surface area contributed by atoms with Gasteiger partial charge in [0.15, 0.2) is 0 Å². The Kier molecular flexibility index (Phi) is 5.53. The van der Waals surface area contributed by atoms with Gasteiger partial charge in [-0.2, -0.15) is 5.10 Å². The number of amides is 1. The molecular weight excluding hydrogens is 423 g/mol. The molecule has 5 rings (SSSR count). The molecule has 1 aliphatic rings. The number of carbonyl (C=O) groups is 1. The van der Waals surface area contributed by atoms with E-state index >= 15 is 0 Å². The van der Waals surface area contributed by atoms with Gasteiger partial charge in [-0.25, -0.2) is 9.07 Å². The van der Waals surface area contributed by atoms with Crippen LogP contribution < -0.4 is 4.90 Å². The molecule has 0 radical (unpaired) electrons. The number of nitrogens with one attached hydrogen (secondary N) is 1. The summed E-state index contributed by atoms with van der Waals surface area (Å²) >= 11 is 1.52. The van der Waals surface area contributed by atoms with E-state index in [0.29, 0.717) is 0 Å². The summed E-state index contributed by atoms with van der Waals surface area (Å²) in [7, 11) is 0. The average Bonchev–Trinajstić information content (AvgIpc) is 3.36. The maximum absolute atomic E-state index is 13.3. The Hall–Kier alpha value is -3.03. The molecule has 0 aliphatic carbocycles. The Balaban J connectivity index is 1.31. The number of piperazine rings is 1. The van der Waals surface area contributed by atoms with Crippen molar-refractivity contribution < 1.29 is 14.1 Å². The number of nitrogens with zero attached hydrogens (tertiary/aromatic N) is 3. The van der Waals surface area contributed by atoms with E-state index in [9.17, 15) is 9.18 Å². The molecule has 1 fully saturated rings. The lowest BCUT2D eigenvalue weighted by Crippen LogP contribution is -3.13. The largest absolute Gasteiger partial charge is 0.328 e. The van der Waals surface area contributed by atoms with Crippen molar-refractivity contribution in [3.63, 3.8) is 0 Å². The summed E-state index contributed by atoms with van der Waals surface area (Å²) in [6.45, 7) is 8.17. The van der Waals surface area contributed by atoms with Gasteiger partial charge in [0.2, 0.25) is 0 Å². The monoisotopic (exact) mass is 449 g/mol. The molecule has 5 nitrogen and oxygen atoms in total. The summed E-state index contributed by atoms with van der Waals surface area (Å²) < 4.78 is 15.1. The maximum atomic E-state index is 13.3. The Bertz CT molecular complexity index is 1270. The molecule has 1 amide bonds. The van der Waals surface area contributed by atoms with E-state index in [2.05, 4.69) is 19.1 Å². The topological polar surface area (TPSA) is 42.6 Å². The number of para-hydroxylation sites is 1. The van der Waals surface area contributed by atoms with Gasteiger partial charge in [0.05, 0.1) is 42.4 Å². The van der Waals surface area contributed by atoms with Crippen LogP contribution in [0.2, 0.25) is 0 Å². The number of hydrogen-bond donors (Lipinski definition) is 1. The zero-order valence-electron chi connectivity index (χ0n) is 18.3. The van der Waals surface area contributed by atoms with Crippen LogP contribution in [0.25, 0.3) is 15.9 Å². The molecule has 32 heavy (non-hydrogen) atoms. The van der Waals surface area contributed by atoms with Crippen molar-refractivity contribution in [1.82, 2.24) is 14.7 Å². The molecule has 0 atom stereocenters. The van der Waals surface area contributed by atoms with Crippen LogP contribution in [0.3, 0.4) is 0 Å². The summed E-state index contributed by atoms with van der Waals surface area (Å²) in [4.78, 5) is 18.4. The van der Waals surface area contributed by atoms with Gasteiger partial charge in [0.1, 0.15) is 17.2 Å². The van der Waals surface area contributed by atoms with Crippen LogP contribution in [0.4, 0.5) is 4.39 Å². The van der Waals surface area contributed by atoms with Crippen molar-refractivity contribution in [3.8, 4) is 5.69 Å². The first-order chi connectivity index (χ1) is 15.5. The summed E-state index contributed by atoms with van der Waals surface area (Å²) in [5.74, 6) is -0.106. The van der Waals surface area contributed by atoms with E-state index in [0.717, 1.165) is 70.3 Å². The Morgan fingerprint density at radius 1 is 1.09 bits per heavy atom. The molecule has 1 aliphatic heterocycles. The normalized spacial score (nSPS) is 14.9. The highest BCUT2D eigenvalue weighted by Gasteiger charge is 2.27. The van der Waals surface area contributed by atoms with Crippen LogP contribution in [-0.2, 0) is 6.54 Å². The average molecular weight is 450 g/mol. The number of benzene rings is 2. The summed E-state index contributed by atoms with van der Waals surface area (Å²) in [6.07, 6.45) is 0. The quantitative estimate of drug-likeness (QED) is 0.519. The van der Waals surface area contributed by atoms with Crippen molar-refractivity contribution in [1.29, 1.82) is 0 Å². The van der Waals surface area contributed by atoms with Crippen LogP contribution in [-0.4, -0.2) is 46.8 Å². The summed E-state index contributed by atoms with van der Waals surface area (Å²) in [5, 5.41) is 5.77. The number of fused-ring (bicyclic) bond motifs is 1. The van der Waals surface area contributed by atoms with Gasteiger partial charge in [-0.15, -0.1) is 11.3 Å². The van der Waals surface area contributed by atoms with Gasteiger partial charge in [-0.1, -0.05) is 30.3 Å². The summed E-state index contributed by atoms with van der Waals surface area (Å²) in [6, 6.07) is 16.9. The smallest absolute Gasteiger partial charge is 0.264 e. The van der Waals surface area contributed by atoms with E-state index in [-0.39, 0.29) is 11.7 Å². The number of hydrogen-bond acceptors (Lipinski definition) is 3. The fourth-order valence-corrected chi connectivity index (χ4v) is 5.51. The third kappa shape index (κ3) is 3.94. The minimum Gasteiger partial charge on any atom is -0.328 e. The Morgan fingerprint density at radius 2 is 1.81 bits per heavy atom. The molecule has 0 saturated carbocycles. The molecule has 4 aromatic rings. The minimum atomic E-state index is -0.205. The van der Waals surface area contributed by atoms with Crippen LogP contribution in [0.5, 0.6) is 0 Å². The molecule has 0 bridgehead atoms. The molecule has 1 N–H and O–H groups in total. The van der Waals surface area contributed by atoms with E-state index in [4.69, 9.17) is 5.10 Å². The second-order valence-corrected chi connectivity index (χ2v) is 9.49. The highest BCUT2D eigenvalue weighted by molar-refractivity contribution is 7.20. The molecular formula is C25H26FN4OS+. The first-order valence-corrected chi connectivity index (χ1v) is 11.7. The fourth-order valence-electron chi connectivity index (χ4n) is 4.37. The first kappa shape index (κ1) is 20.8. The standard InChI is InChI=1S/C25H25FN4OS/c1-17-5-3-4-6-22(17)30-25-21(18(2)27-30)15-23(32-25)24(31)29-13-11-28(12-14-29)16-19-7-9-20(26)10-8-19/h3-10,15H,11-14,16H2,1-2H3/p+1. The summed E-state index contributed by atoms with van der Waals surface area (Å²) in [5.41, 5.74) is 4.26. The van der Waals surface area contributed by atoms with Gasteiger partial charge >= 0.3 is 0 Å². The number of quaternary nitrogens is 1. The van der Waals surface area contributed by atoms with Gasteiger partial charge < -0.3 is 9.80 Å². The lowest BCUT2D eigenvalue weighted by atomic mass is 10.2. The molecule has 2 aromatic heterocycles. The third-order valence-corrected chi connectivity index (χ3v) is 7.32.